The zero-order chi connectivity index (χ0) is 15.9. The normalized spacial score (nSPS) is 22.3. The minimum Gasteiger partial charge on any atom is -0.453 e. The molecule has 1 atom stereocenters. The van der Waals surface area contributed by atoms with Crippen molar-refractivity contribution in [1.29, 1.82) is 0 Å². The Morgan fingerprint density at radius 2 is 2.09 bits per heavy atom. The second kappa shape index (κ2) is 5.31. The molecule has 22 heavy (non-hydrogen) atoms. The van der Waals surface area contributed by atoms with Crippen LogP contribution in [0.5, 0.6) is 0 Å². The first kappa shape index (κ1) is 14.9. The van der Waals surface area contributed by atoms with Crippen LogP contribution in [-0.2, 0) is 19.1 Å². The van der Waals surface area contributed by atoms with Gasteiger partial charge >= 0.3 is 5.97 Å². The molecule has 0 bridgehead atoms. The van der Waals surface area contributed by atoms with Gasteiger partial charge in [-0.15, -0.1) is 0 Å². The fraction of sp³-hybridized carbons (Fsp3) is 0.400. The molecule has 2 heterocycles. The summed E-state index contributed by atoms with van der Waals surface area (Å²) < 4.78 is 5.19. The number of carbonyl (C=O) groups is 3. The number of hydrogen-bond acceptors (Lipinski definition) is 5. The number of thioether (sulfide) groups is 1. The van der Waals surface area contributed by atoms with Crippen molar-refractivity contribution in [2.45, 2.75) is 22.6 Å². The van der Waals surface area contributed by atoms with Crippen LogP contribution in [0, 0.1) is 0 Å². The Balaban J connectivity index is 1.85. The van der Waals surface area contributed by atoms with Crippen LogP contribution in [0.25, 0.3) is 0 Å². The molecule has 7 heteroatoms. The lowest BCUT2D eigenvalue weighted by molar-refractivity contribution is -0.153. The molecule has 0 aliphatic carbocycles. The van der Waals surface area contributed by atoms with Crippen LogP contribution in [-0.4, -0.2) is 48.3 Å². The number of rotatable bonds is 3. The van der Waals surface area contributed by atoms with E-state index in [4.69, 9.17) is 4.74 Å². The number of hydrogen-bond donors (Lipinski definition) is 0. The van der Waals surface area contributed by atoms with Gasteiger partial charge in [0.25, 0.3) is 5.91 Å². The first-order valence-electron chi connectivity index (χ1n) is 6.94. The Kier molecular flexibility index (Phi) is 3.60. The highest BCUT2D eigenvalue weighted by Gasteiger charge is 2.58. The average Bonchev–Trinajstić information content (AvgIpc) is 3.00. The minimum atomic E-state index is -1.06. The van der Waals surface area contributed by atoms with E-state index in [2.05, 4.69) is 0 Å². The molecule has 1 unspecified atom stereocenters. The smallest absolute Gasteiger partial charge is 0.344 e. The maximum absolute atomic E-state index is 12.6. The van der Waals surface area contributed by atoms with Gasteiger partial charge in [0.1, 0.15) is 0 Å². The fourth-order valence-corrected chi connectivity index (χ4v) is 4.05. The zero-order valence-corrected chi connectivity index (χ0v) is 13.2. The van der Waals surface area contributed by atoms with Gasteiger partial charge in [-0.25, -0.2) is 4.79 Å². The van der Waals surface area contributed by atoms with E-state index in [1.54, 1.807) is 14.1 Å². The third-order valence-corrected chi connectivity index (χ3v) is 5.27. The molecule has 116 valence electrons. The number of fused-ring (bicyclic) bond motifs is 3. The number of nitrogens with zero attached hydrogens (tertiary/aromatic N) is 2. The Labute approximate surface area is 132 Å². The van der Waals surface area contributed by atoms with Crippen LogP contribution in [0.15, 0.2) is 29.2 Å². The van der Waals surface area contributed by atoms with Crippen LogP contribution >= 0.6 is 11.8 Å². The van der Waals surface area contributed by atoms with E-state index in [0.29, 0.717) is 12.8 Å². The summed E-state index contributed by atoms with van der Waals surface area (Å²) >= 11 is 1.33. The second-order valence-electron chi connectivity index (χ2n) is 5.45. The molecule has 2 aliphatic heterocycles. The van der Waals surface area contributed by atoms with Gasteiger partial charge in [-0.2, -0.15) is 0 Å². The molecule has 1 aromatic carbocycles. The molecule has 2 amide bonds. The molecule has 0 saturated carbocycles. The molecular weight excluding hydrogens is 304 g/mol. The highest BCUT2D eigenvalue weighted by atomic mass is 32.2. The van der Waals surface area contributed by atoms with Crippen LogP contribution in [0.1, 0.15) is 12.8 Å². The summed E-state index contributed by atoms with van der Waals surface area (Å²) in [6.07, 6.45) is 0.693. The van der Waals surface area contributed by atoms with E-state index in [0.717, 1.165) is 10.6 Å². The number of benzene rings is 1. The molecule has 1 saturated heterocycles. The summed E-state index contributed by atoms with van der Waals surface area (Å²) in [5, 5.41) is 0. The maximum Gasteiger partial charge on any atom is 0.344 e. The average molecular weight is 320 g/mol. The molecule has 0 aromatic heterocycles. The van der Waals surface area contributed by atoms with Crippen molar-refractivity contribution >= 4 is 35.2 Å². The predicted molar refractivity (Wildman–Crippen MR) is 81.4 cm³/mol. The van der Waals surface area contributed by atoms with Gasteiger partial charge in [0.15, 0.2) is 11.5 Å². The van der Waals surface area contributed by atoms with E-state index in [1.807, 2.05) is 24.3 Å². The summed E-state index contributed by atoms with van der Waals surface area (Å²) in [6.45, 7) is -0.313. The number of carbonyl (C=O) groups excluding carboxylic acids is 3. The fourth-order valence-electron chi connectivity index (χ4n) is 2.64. The maximum atomic E-state index is 12.6. The highest BCUT2D eigenvalue weighted by molar-refractivity contribution is 8.02. The SMILES string of the molecule is CN(C)C(=O)COC(=O)C12CCC(=O)N1c1ccccc1S2. The molecule has 3 rings (SSSR count). The minimum absolute atomic E-state index is 0.0895. The monoisotopic (exact) mass is 320 g/mol. The molecular formula is C15H16N2O4S. The predicted octanol–water partition coefficient (Wildman–Crippen LogP) is 1.25. The van der Waals surface area contributed by atoms with E-state index in [9.17, 15) is 14.4 Å². The number of likely N-dealkylation sites (N-methyl/N-ethyl adjacent to an activating group) is 1. The van der Waals surface area contributed by atoms with Crippen molar-refractivity contribution in [1.82, 2.24) is 4.90 Å². The zero-order valence-electron chi connectivity index (χ0n) is 12.4. The Bertz CT molecular complexity index is 661. The molecule has 0 radical (unpaired) electrons. The van der Waals surface area contributed by atoms with E-state index < -0.39 is 10.8 Å². The molecule has 1 aromatic rings. The first-order valence-corrected chi connectivity index (χ1v) is 7.76. The van der Waals surface area contributed by atoms with Crippen molar-refractivity contribution in [3.05, 3.63) is 24.3 Å². The first-order chi connectivity index (χ1) is 10.5. The van der Waals surface area contributed by atoms with Crippen molar-refractivity contribution in [2.75, 3.05) is 25.6 Å². The van der Waals surface area contributed by atoms with E-state index >= 15 is 0 Å². The van der Waals surface area contributed by atoms with Crippen molar-refractivity contribution < 1.29 is 19.1 Å². The summed E-state index contributed by atoms with van der Waals surface area (Å²) in [6, 6.07) is 7.41. The van der Waals surface area contributed by atoms with E-state index in [1.165, 1.54) is 21.6 Å². The number of ether oxygens (including phenoxy) is 1. The van der Waals surface area contributed by atoms with Crippen molar-refractivity contribution in [2.24, 2.45) is 0 Å². The largest absolute Gasteiger partial charge is 0.453 e. The van der Waals surface area contributed by atoms with Crippen LogP contribution in [0.3, 0.4) is 0 Å². The topological polar surface area (TPSA) is 66.9 Å². The van der Waals surface area contributed by atoms with Crippen molar-refractivity contribution in [3.63, 3.8) is 0 Å². The molecule has 1 fully saturated rings. The molecule has 0 spiro atoms. The van der Waals surface area contributed by atoms with Crippen LogP contribution < -0.4 is 4.90 Å². The molecule has 2 aliphatic rings. The van der Waals surface area contributed by atoms with Crippen LogP contribution in [0.2, 0.25) is 0 Å². The van der Waals surface area contributed by atoms with Crippen LogP contribution in [0.4, 0.5) is 5.69 Å². The number of esters is 1. The third-order valence-electron chi connectivity index (χ3n) is 3.82. The lowest BCUT2D eigenvalue weighted by Gasteiger charge is -2.28. The summed E-state index contributed by atoms with van der Waals surface area (Å²) in [4.78, 5) is 39.1. The summed E-state index contributed by atoms with van der Waals surface area (Å²) in [5.41, 5.74) is 0.742. The van der Waals surface area contributed by atoms with Crippen molar-refractivity contribution in [3.8, 4) is 0 Å². The highest BCUT2D eigenvalue weighted by Crippen LogP contribution is 2.56. The van der Waals surface area contributed by atoms with E-state index in [-0.39, 0.29) is 18.4 Å². The number of amides is 2. The van der Waals surface area contributed by atoms with Gasteiger partial charge < -0.3 is 9.64 Å². The lowest BCUT2D eigenvalue weighted by atomic mass is 10.2. The van der Waals surface area contributed by atoms with Gasteiger partial charge in [-0.1, -0.05) is 23.9 Å². The van der Waals surface area contributed by atoms with Gasteiger partial charge in [0.2, 0.25) is 5.91 Å². The third kappa shape index (κ3) is 2.16. The van der Waals surface area contributed by atoms with Gasteiger partial charge in [-0.05, 0) is 12.1 Å². The number of para-hydroxylation sites is 1. The standard InChI is InChI=1S/C15H16N2O4S/c1-16(2)13(19)9-21-14(20)15-8-7-12(18)17(15)10-5-3-4-6-11(10)22-15/h3-6H,7-9H2,1-2H3. The van der Waals surface area contributed by atoms with Gasteiger partial charge in [0, 0.05) is 31.8 Å². The quantitative estimate of drug-likeness (QED) is 0.784. The van der Waals surface area contributed by atoms with Gasteiger partial charge in [0.05, 0.1) is 5.69 Å². The second-order valence-corrected chi connectivity index (χ2v) is 6.77. The summed E-state index contributed by atoms with van der Waals surface area (Å²) in [5.74, 6) is -0.913. The molecule has 6 nitrogen and oxygen atoms in total. The lowest BCUT2D eigenvalue weighted by Crippen LogP contribution is -2.48. The number of anilines is 1. The Hall–Kier alpha value is -2.02. The Morgan fingerprint density at radius 1 is 1.36 bits per heavy atom. The molecule has 0 N–H and O–H groups in total. The summed E-state index contributed by atoms with van der Waals surface area (Å²) in [7, 11) is 3.19. The van der Waals surface area contributed by atoms with Gasteiger partial charge in [-0.3, -0.25) is 14.5 Å². The Morgan fingerprint density at radius 3 is 2.82 bits per heavy atom.